The van der Waals surface area contributed by atoms with Gasteiger partial charge in [-0.2, -0.15) is 0 Å². The predicted molar refractivity (Wildman–Crippen MR) is 167 cm³/mol. The second-order valence-electron chi connectivity index (χ2n) is 15.7. The molecule has 268 valence electrons. The van der Waals surface area contributed by atoms with Crippen LogP contribution in [0.3, 0.4) is 0 Å². The normalized spacial score (nSPS) is 54.6. The van der Waals surface area contributed by atoms with Gasteiger partial charge in [-0.25, -0.2) is 0 Å². The van der Waals surface area contributed by atoms with Crippen molar-refractivity contribution in [2.45, 2.75) is 165 Å². The Kier molecular flexibility index (Phi) is 9.62. The maximum atomic E-state index is 12.6. The monoisotopic (exact) mass is 668 g/mol. The molecule has 12 heteroatoms. The van der Waals surface area contributed by atoms with E-state index in [1.807, 2.05) is 19.9 Å². The quantitative estimate of drug-likeness (QED) is 0.249. The van der Waals surface area contributed by atoms with Crippen molar-refractivity contribution < 1.29 is 58.7 Å². The molecule has 6 aliphatic rings. The SMILES string of the molecule is CO[C@H]1C[C@H](O[C@H]2[C@@H](OC)C[C@H](O[C@H]3CC[C@@]4(C)C(=CC[C@]5(O)[C@@H]4[C@H](O)[C@@H](O)[C@]4(C)[C@@H](C(C)=O)CC[C@@]45O)C3)O[C@@H]2C)O[C@H](C)[C@H]1O. The predicted octanol–water partition coefficient (Wildman–Crippen LogP) is 1.76. The van der Waals surface area contributed by atoms with Crippen LogP contribution in [0, 0.1) is 22.7 Å². The van der Waals surface area contributed by atoms with E-state index >= 15 is 0 Å². The van der Waals surface area contributed by atoms with Crippen LogP contribution in [-0.4, -0.2) is 124 Å². The lowest BCUT2D eigenvalue weighted by atomic mass is 9.42. The van der Waals surface area contributed by atoms with Gasteiger partial charge in [0, 0.05) is 44.3 Å². The number of fused-ring (bicyclic) bond motifs is 5. The molecular weight excluding hydrogens is 612 g/mol. The highest BCUT2D eigenvalue weighted by Gasteiger charge is 2.78. The van der Waals surface area contributed by atoms with Gasteiger partial charge in [0.2, 0.25) is 0 Å². The molecule has 0 aromatic rings. The average molecular weight is 669 g/mol. The maximum absolute atomic E-state index is 12.6. The molecule has 0 aromatic heterocycles. The number of Topliss-reactive ketones (excluding diaryl/α,β-unsaturated/α-hetero) is 1. The molecule has 47 heavy (non-hydrogen) atoms. The zero-order valence-corrected chi connectivity index (χ0v) is 28.8. The van der Waals surface area contributed by atoms with Crippen LogP contribution < -0.4 is 0 Å². The smallest absolute Gasteiger partial charge is 0.161 e. The molecule has 17 atom stereocenters. The highest BCUT2D eigenvalue weighted by molar-refractivity contribution is 5.80. The number of aliphatic hydroxyl groups is 5. The Labute approximate surface area is 277 Å². The molecule has 4 aliphatic carbocycles. The molecule has 3 saturated carbocycles. The van der Waals surface area contributed by atoms with E-state index in [-0.39, 0.29) is 36.9 Å². The molecule has 6 rings (SSSR count). The topological polar surface area (TPSA) is 174 Å². The zero-order valence-electron chi connectivity index (χ0n) is 28.8. The fraction of sp³-hybridized carbons (Fsp3) is 0.914. The van der Waals surface area contributed by atoms with E-state index in [9.17, 15) is 30.3 Å². The number of hydrogen-bond donors (Lipinski definition) is 5. The van der Waals surface area contributed by atoms with Crippen molar-refractivity contribution in [2.75, 3.05) is 14.2 Å². The first-order chi connectivity index (χ1) is 22.0. The average Bonchev–Trinajstić information content (AvgIpc) is 3.32. The molecule has 2 saturated heterocycles. The van der Waals surface area contributed by atoms with Gasteiger partial charge < -0.3 is 54.0 Å². The lowest BCUT2D eigenvalue weighted by Gasteiger charge is -2.67. The third-order valence-electron chi connectivity index (χ3n) is 13.5. The number of hydrogen-bond acceptors (Lipinski definition) is 12. The standard InChI is InChI=1S/C35H56O12/c1-17(36)22-10-13-35(41)33(22,5)31(39)28(38)30-32(4)11-9-21(14-20(32)8-12-34(30,35)40)46-25-16-24(43-7)29(19(3)45-25)47-26-15-23(42-6)27(37)18(2)44-26/h8,18-19,21-31,37-41H,9-16H2,1-7H3/t18-,19-,21+,22-,23+,24+,25+,26+,27-,28+,29-,30-,31-,32+,33+,34+,35-/m1/s1. The van der Waals surface area contributed by atoms with E-state index in [1.165, 1.54) is 6.92 Å². The summed E-state index contributed by atoms with van der Waals surface area (Å²) in [5.74, 6) is -1.63. The Morgan fingerprint density at radius 3 is 2.19 bits per heavy atom. The van der Waals surface area contributed by atoms with Crippen LogP contribution in [0.15, 0.2) is 11.6 Å². The minimum Gasteiger partial charge on any atom is -0.390 e. The van der Waals surface area contributed by atoms with Crippen LogP contribution in [0.4, 0.5) is 0 Å². The van der Waals surface area contributed by atoms with Crippen molar-refractivity contribution in [1.82, 2.24) is 0 Å². The molecule has 12 nitrogen and oxygen atoms in total. The number of ketones is 1. The number of rotatable bonds is 7. The van der Waals surface area contributed by atoms with Gasteiger partial charge >= 0.3 is 0 Å². The van der Waals surface area contributed by atoms with E-state index in [1.54, 1.807) is 28.1 Å². The molecule has 0 aromatic carbocycles. The van der Waals surface area contributed by atoms with Crippen molar-refractivity contribution in [3.8, 4) is 0 Å². The van der Waals surface area contributed by atoms with Crippen LogP contribution in [0.25, 0.3) is 0 Å². The Balaban J connectivity index is 1.14. The van der Waals surface area contributed by atoms with E-state index in [4.69, 9.17) is 28.4 Å². The summed E-state index contributed by atoms with van der Waals surface area (Å²) in [6, 6.07) is 0. The van der Waals surface area contributed by atoms with E-state index < -0.39 is 83.1 Å². The van der Waals surface area contributed by atoms with Crippen LogP contribution in [0.1, 0.15) is 86.0 Å². The summed E-state index contributed by atoms with van der Waals surface area (Å²) in [5, 5.41) is 58.3. The van der Waals surface area contributed by atoms with Gasteiger partial charge in [0.25, 0.3) is 0 Å². The van der Waals surface area contributed by atoms with Crippen molar-refractivity contribution in [2.24, 2.45) is 22.7 Å². The lowest BCUT2D eigenvalue weighted by molar-refractivity contribution is -0.329. The molecule has 5 fully saturated rings. The van der Waals surface area contributed by atoms with Crippen LogP contribution in [-0.2, 0) is 33.2 Å². The Morgan fingerprint density at radius 1 is 0.894 bits per heavy atom. The van der Waals surface area contributed by atoms with Gasteiger partial charge in [-0.15, -0.1) is 0 Å². The molecule has 2 aliphatic heterocycles. The fourth-order valence-electron chi connectivity index (χ4n) is 10.7. The number of methoxy groups -OCH3 is 2. The van der Waals surface area contributed by atoms with Gasteiger partial charge in [-0.3, -0.25) is 4.79 Å². The largest absolute Gasteiger partial charge is 0.390 e. The second kappa shape index (κ2) is 12.6. The molecule has 0 unspecified atom stereocenters. The minimum absolute atomic E-state index is 0.111. The van der Waals surface area contributed by atoms with Gasteiger partial charge in [0.1, 0.15) is 29.2 Å². The zero-order chi connectivity index (χ0) is 34.3. The summed E-state index contributed by atoms with van der Waals surface area (Å²) in [7, 11) is 3.19. The summed E-state index contributed by atoms with van der Waals surface area (Å²) >= 11 is 0. The van der Waals surface area contributed by atoms with Crippen LogP contribution in [0.2, 0.25) is 0 Å². The number of ether oxygens (including phenoxy) is 6. The third kappa shape index (κ3) is 5.32. The first-order valence-electron chi connectivity index (χ1n) is 17.4. The van der Waals surface area contributed by atoms with Crippen molar-refractivity contribution >= 4 is 5.78 Å². The Morgan fingerprint density at radius 2 is 1.53 bits per heavy atom. The molecular formula is C35H56O12. The molecule has 0 spiro atoms. The Bertz CT molecular complexity index is 1210. The van der Waals surface area contributed by atoms with Crippen molar-refractivity contribution in [3.63, 3.8) is 0 Å². The van der Waals surface area contributed by atoms with Crippen LogP contribution in [0.5, 0.6) is 0 Å². The highest BCUT2D eigenvalue weighted by atomic mass is 16.7. The first-order valence-corrected chi connectivity index (χ1v) is 17.4. The molecule has 0 bridgehead atoms. The van der Waals surface area contributed by atoms with Crippen LogP contribution >= 0.6 is 0 Å². The van der Waals surface area contributed by atoms with Gasteiger partial charge in [0.15, 0.2) is 12.6 Å². The Hall–Kier alpha value is -1.03. The second-order valence-corrected chi connectivity index (χ2v) is 15.7. The number of carbonyl (C=O) groups excluding carboxylic acids is 1. The summed E-state index contributed by atoms with van der Waals surface area (Å²) in [4.78, 5) is 12.6. The fourth-order valence-corrected chi connectivity index (χ4v) is 10.7. The summed E-state index contributed by atoms with van der Waals surface area (Å²) in [5.41, 5.74) is -4.48. The summed E-state index contributed by atoms with van der Waals surface area (Å²) < 4.78 is 36.4. The molecule has 0 radical (unpaired) electrons. The maximum Gasteiger partial charge on any atom is 0.161 e. The summed E-state index contributed by atoms with van der Waals surface area (Å²) in [6.45, 7) is 8.81. The van der Waals surface area contributed by atoms with Gasteiger partial charge in [0.05, 0.1) is 42.7 Å². The van der Waals surface area contributed by atoms with E-state index in [0.717, 1.165) is 5.57 Å². The molecule has 5 N–H and O–H groups in total. The van der Waals surface area contributed by atoms with Gasteiger partial charge in [-0.05, 0) is 64.7 Å². The number of aliphatic hydroxyl groups excluding tert-OH is 3. The van der Waals surface area contributed by atoms with Gasteiger partial charge in [-0.1, -0.05) is 25.5 Å². The van der Waals surface area contributed by atoms with E-state index in [0.29, 0.717) is 38.5 Å². The van der Waals surface area contributed by atoms with Crippen molar-refractivity contribution in [1.29, 1.82) is 0 Å². The first kappa shape index (κ1) is 35.8. The summed E-state index contributed by atoms with van der Waals surface area (Å²) in [6.07, 6.45) is -1.53. The number of carbonyl (C=O) groups is 1. The lowest BCUT2D eigenvalue weighted by Crippen LogP contribution is -2.79. The highest BCUT2D eigenvalue weighted by Crippen LogP contribution is 2.69. The molecule has 2 heterocycles. The molecule has 0 amide bonds. The van der Waals surface area contributed by atoms with E-state index in [2.05, 4.69) is 0 Å². The van der Waals surface area contributed by atoms with Crippen molar-refractivity contribution in [3.05, 3.63) is 11.6 Å². The third-order valence-corrected chi connectivity index (χ3v) is 13.5. The minimum atomic E-state index is -1.73.